The van der Waals surface area contributed by atoms with Gasteiger partial charge in [0.2, 0.25) is 0 Å². The van der Waals surface area contributed by atoms with E-state index in [9.17, 15) is 10.2 Å². The fourth-order valence-corrected chi connectivity index (χ4v) is 2.51. The molecule has 1 aromatic carbocycles. The molecule has 0 radical (unpaired) electrons. The van der Waals surface area contributed by atoms with Gasteiger partial charge in [-0.3, -0.25) is 4.98 Å². The molecule has 2 unspecified atom stereocenters. The molecule has 2 aromatic heterocycles. The highest BCUT2D eigenvalue weighted by atomic mass is 16.3. The second-order valence-electron chi connectivity index (χ2n) is 5.67. The van der Waals surface area contributed by atoms with Gasteiger partial charge in [-0.2, -0.15) is 0 Å². The molecule has 6 nitrogen and oxygen atoms in total. The highest BCUT2D eigenvalue weighted by Crippen LogP contribution is 2.17. The largest absolute Gasteiger partial charge is 0.387 e. The van der Waals surface area contributed by atoms with Crippen LogP contribution in [0, 0.1) is 0 Å². The van der Waals surface area contributed by atoms with Gasteiger partial charge in [0.25, 0.3) is 0 Å². The number of aliphatic hydroxyl groups is 2. The molecule has 0 amide bonds. The normalized spacial score (nSPS) is 13.6. The Morgan fingerprint density at radius 1 is 0.958 bits per heavy atom. The van der Waals surface area contributed by atoms with Gasteiger partial charge in [-0.1, -0.05) is 41.6 Å². The van der Waals surface area contributed by atoms with Gasteiger partial charge in [0.1, 0.15) is 0 Å². The number of hydrogen-bond acceptors (Lipinski definition) is 5. The molecule has 0 saturated heterocycles. The van der Waals surface area contributed by atoms with Crippen LogP contribution in [-0.4, -0.2) is 30.2 Å². The SMILES string of the molecule is OC(Cn1cc(CCC(O)c2ccccn2)nn1)c1ccccc1. The predicted molar refractivity (Wildman–Crippen MR) is 88.9 cm³/mol. The Labute approximate surface area is 140 Å². The van der Waals surface area contributed by atoms with Crippen molar-refractivity contribution in [3.8, 4) is 0 Å². The quantitative estimate of drug-likeness (QED) is 0.695. The summed E-state index contributed by atoms with van der Waals surface area (Å²) in [6.07, 6.45) is 3.35. The standard InChI is InChI=1S/C18H20N4O2/c23-17(16-8-4-5-11-19-16)10-9-15-12-22(21-20-15)13-18(24)14-6-2-1-3-7-14/h1-8,11-12,17-18,23-24H,9-10,13H2. The Bertz CT molecular complexity index is 746. The molecule has 0 saturated carbocycles. The molecule has 0 spiro atoms. The molecule has 2 N–H and O–H groups in total. The van der Waals surface area contributed by atoms with Crippen LogP contribution in [0.5, 0.6) is 0 Å². The van der Waals surface area contributed by atoms with Crippen molar-refractivity contribution in [3.05, 3.63) is 77.9 Å². The van der Waals surface area contributed by atoms with Crippen LogP contribution in [0.25, 0.3) is 0 Å². The summed E-state index contributed by atoms with van der Waals surface area (Å²) in [7, 11) is 0. The average molecular weight is 324 g/mol. The maximum absolute atomic E-state index is 10.2. The van der Waals surface area contributed by atoms with E-state index in [1.54, 1.807) is 23.1 Å². The summed E-state index contributed by atoms with van der Waals surface area (Å²) >= 11 is 0. The maximum atomic E-state index is 10.2. The summed E-state index contributed by atoms with van der Waals surface area (Å²) in [4.78, 5) is 4.14. The fraction of sp³-hybridized carbons (Fsp3) is 0.278. The monoisotopic (exact) mass is 324 g/mol. The Morgan fingerprint density at radius 2 is 1.75 bits per heavy atom. The third-order valence-electron chi connectivity index (χ3n) is 3.83. The van der Waals surface area contributed by atoms with E-state index in [0.29, 0.717) is 25.1 Å². The zero-order valence-corrected chi connectivity index (χ0v) is 13.2. The van der Waals surface area contributed by atoms with E-state index in [0.717, 1.165) is 11.3 Å². The molecule has 3 aromatic rings. The van der Waals surface area contributed by atoms with Crippen LogP contribution in [0.3, 0.4) is 0 Å². The Hall–Kier alpha value is -2.57. The van der Waals surface area contributed by atoms with E-state index in [1.165, 1.54) is 0 Å². The number of aryl methyl sites for hydroxylation is 1. The Morgan fingerprint density at radius 3 is 2.50 bits per heavy atom. The number of aliphatic hydroxyl groups excluding tert-OH is 2. The van der Waals surface area contributed by atoms with Crippen molar-refractivity contribution >= 4 is 0 Å². The highest BCUT2D eigenvalue weighted by Gasteiger charge is 2.12. The van der Waals surface area contributed by atoms with Crippen molar-refractivity contribution in [3.63, 3.8) is 0 Å². The zero-order valence-electron chi connectivity index (χ0n) is 13.2. The molecule has 0 bridgehead atoms. The summed E-state index contributed by atoms with van der Waals surface area (Å²) in [6, 6.07) is 14.9. The lowest BCUT2D eigenvalue weighted by molar-refractivity contribution is 0.150. The molecule has 0 aliphatic rings. The van der Waals surface area contributed by atoms with Gasteiger partial charge in [-0.25, -0.2) is 4.68 Å². The minimum atomic E-state index is -0.625. The number of aromatic nitrogens is 4. The Balaban J connectivity index is 1.54. The van der Waals surface area contributed by atoms with E-state index in [2.05, 4.69) is 15.3 Å². The van der Waals surface area contributed by atoms with Gasteiger partial charge in [0, 0.05) is 12.4 Å². The van der Waals surface area contributed by atoms with Crippen LogP contribution in [0.4, 0.5) is 0 Å². The van der Waals surface area contributed by atoms with Crippen LogP contribution >= 0.6 is 0 Å². The minimum absolute atomic E-state index is 0.347. The van der Waals surface area contributed by atoms with Crippen LogP contribution < -0.4 is 0 Å². The minimum Gasteiger partial charge on any atom is -0.387 e. The van der Waals surface area contributed by atoms with Gasteiger partial charge in [-0.05, 0) is 30.5 Å². The maximum Gasteiger partial charge on any atom is 0.0986 e. The van der Waals surface area contributed by atoms with E-state index in [-0.39, 0.29) is 0 Å². The summed E-state index contributed by atoms with van der Waals surface area (Å²) in [6.45, 7) is 0.347. The number of nitrogens with zero attached hydrogens (tertiary/aromatic N) is 4. The molecule has 2 atom stereocenters. The average Bonchev–Trinajstić information content (AvgIpc) is 3.08. The molecule has 0 fully saturated rings. The van der Waals surface area contributed by atoms with E-state index in [1.807, 2.05) is 42.5 Å². The number of hydrogen-bond donors (Lipinski definition) is 2. The highest BCUT2D eigenvalue weighted by molar-refractivity contribution is 5.17. The van der Waals surface area contributed by atoms with Crippen molar-refractivity contribution in [2.24, 2.45) is 0 Å². The smallest absolute Gasteiger partial charge is 0.0986 e. The zero-order chi connectivity index (χ0) is 16.8. The Kier molecular flexibility index (Phi) is 5.30. The summed E-state index contributed by atoms with van der Waals surface area (Å²) in [5.74, 6) is 0. The molecule has 0 aliphatic heterocycles. The van der Waals surface area contributed by atoms with Crippen LogP contribution in [-0.2, 0) is 13.0 Å². The second-order valence-corrected chi connectivity index (χ2v) is 5.67. The van der Waals surface area contributed by atoms with E-state index >= 15 is 0 Å². The predicted octanol–water partition coefficient (Wildman–Crippen LogP) is 2.07. The first-order chi connectivity index (χ1) is 11.7. The van der Waals surface area contributed by atoms with Crippen molar-refractivity contribution in [1.29, 1.82) is 0 Å². The second kappa shape index (κ2) is 7.81. The lowest BCUT2D eigenvalue weighted by atomic mass is 10.1. The van der Waals surface area contributed by atoms with E-state index in [4.69, 9.17) is 0 Å². The molecule has 124 valence electrons. The number of pyridine rings is 1. The lowest BCUT2D eigenvalue weighted by Crippen LogP contribution is -2.09. The van der Waals surface area contributed by atoms with Crippen molar-refractivity contribution in [2.45, 2.75) is 31.6 Å². The molecule has 2 heterocycles. The van der Waals surface area contributed by atoms with E-state index < -0.39 is 12.2 Å². The van der Waals surface area contributed by atoms with Crippen molar-refractivity contribution in [1.82, 2.24) is 20.0 Å². The first-order valence-corrected chi connectivity index (χ1v) is 7.93. The van der Waals surface area contributed by atoms with Gasteiger partial charge in [-0.15, -0.1) is 5.10 Å². The molecular formula is C18H20N4O2. The first-order valence-electron chi connectivity index (χ1n) is 7.93. The van der Waals surface area contributed by atoms with Crippen LogP contribution in [0.1, 0.15) is 35.6 Å². The topological polar surface area (TPSA) is 84.1 Å². The third kappa shape index (κ3) is 4.24. The summed E-state index contributed by atoms with van der Waals surface area (Å²) in [5, 5.41) is 28.5. The van der Waals surface area contributed by atoms with Crippen molar-refractivity contribution in [2.75, 3.05) is 0 Å². The molecule has 3 rings (SSSR count). The van der Waals surface area contributed by atoms with Gasteiger partial charge in [0.05, 0.1) is 30.1 Å². The van der Waals surface area contributed by atoms with Crippen LogP contribution in [0.2, 0.25) is 0 Å². The number of rotatable bonds is 7. The molecular weight excluding hydrogens is 304 g/mol. The molecule has 24 heavy (non-hydrogen) atoms. The van der Waals surface area contributed by atoms with Gasteiger partial charge < -0.3 is 10.2 Å². The first kappa shape index (κ1) is 16.3. The lowest BCUT2D eigenvalue weighted by Gasteiger charge is -2.10. The molecule has 6 heteroatoms. The molecule has 0 aliphatic carbocycles. The fourth-order valence-electron chi connectivity index (χ4n) is 2.51. The summed E-state index contributed by atoms with van der Waals surface area (Å²) in [5.41, 5.74) is 2.29. The summed E-state index contributed by atoms with van der Waals surface area (Å²) < 4.78 is 1.63. The van der Waals surface area contributed by atoms with Crippen molar-refractivity contribution < 1.29 is 10.2 Å². The third-order valence-corrected chi connectivity index (χ3v) is 3.83. The van der Waals surface area contributed by atoms with Gasteiger partial charge in [0.15, 0.2) is 0 Å². The van der Waals surface area contributed by atoms with Gasteiger partial charge >= 0.3 is 0 Å². The van der Waals surface area contributed by atoms with Crippen LogP contribution in [0.15, 0.2) is 60.9 Å². The number of benzene rings is 1.